The minimum atomic E-state index is -0.344. The van der Waals surface area contributed by atoms with Gasteiger partial charge in [-0.1, -0.05) is 30.3 Å². The fourth-order valence-electron chi connectivity index (χ4n) is 3.40. The summed E-state index contributed by atoms with van der Waals surface area (Å²) in [5.74, 6) is -0.406. The first-order chi connectivity index (χ1) is 12.0. The Morgan fingerprint density at radius 3 is 2.64 bits per heavy atom. The number of amides is 1. The molecule has 3 nitrogen and oxygen atoms in total. The van der Waals surface area contributed by atoms with Crippen LogP contribution in [0.15, 0.2) is 48.5 Å². The fourth-order valence-corrected chi connectivity index (χ4v) is 3.40. The zero-order chi connectivity index (χ0) is 17.8. The quantitative estimate of drug-likeness (QED) is 0.850. The highest BCUT2D eigenvalue weighted by Crippen LogP contribution is 2.22. The Kier molecular flexibility index (Phi) is 5.27. The topological polar surface area (TPSA) is 37.4 Å². The molecule has 2 aromatic carbocycles. The standard InChI is InChI=1S/C21H22FNO2/c1-15-12-18(22)9-10-19(15)21(25)23-11-5-8-17(14-23)20(24)13-16-6-3-2-4-7-16/h2-4,6-7,9-10,12,17H,5,8,11,13-14H2,1H3/t17-/m0/s1. The van der Waals surface area contributed by atoms with Crippen molar-refractivity contribution in [1.29, 1.82) is 0 Å². The van der Waals surface area contributed by atoms with E-state index < -0.39 is 0 Å². The lowest BCUT2D eigenvalue weighted by Gasteiger charge is -2.32. The van der Waals surface area contributed by atoms with Crippen molar-refractivity contribution in [2.75, 3.05) is 13.1 Å². The van der Waals surface area contributed by atoms with Crippen LogP contribution in [0, 0.1) is 18.7 Å². The summed E-state index contributed by atoms with van der Waals surface area (Å²) in [4.78, 5) is 27.1. The van der Waals surface area contributed by atoms with Crippen molar-refractivity contribution in [2.45, 2.75) is 26.2 Å². The fraction of sp³-hybridized carbons (Fsp3) is 0.333. The van der Waals surface area contributed by atoms with Gasteiger partial charge in [0, 0.05) is 31.0 Å². The first-order valence-corrected chi connectivity index (χ1v) is 8.66. The summed E-state index contributed by atoms with van der Waals surface area (Å²) in [6, 6.07) is 13.9. The predicted octanol–water partition coefficient (Wildman–Crippen LogP) is 3.80. The summed E-state index contributed by atoms with van der Waals surface area (Å²) < 4.78 is 13.3. The van der Waals surface area contributed by atoms with Crippen LogP contribution in [-0.4, -0.2) is 29.7 Å². The molecule has 0 N–H and O–H groups in total. The molecule has 0 aromatic heterocycles. The molecule has 1 aliphatic rings. The Morgan fingerprint density at radius 2 is 1.92 bits per heavy atom. The number of rotatable bonds is 4. The molecular weight excluding hydrogens is 317 g/mol. The summed E-state index contributed by atoms with van der Waals surface area (Å²) in [5.41, 5.74) is 2.14. The molecule has 2 aromatic rings. The van der Waals surface area contributed by atoms with Gasteiger partial charge < -0.3 is 4.90 Å². The van der Waals surface area contributed by atoms with E-state index >= 15 is 0 Å². The van der Waals surface area contributed by atoms with E-state index in [9.17, 15) is 14.0 Å². The zero-order valence-electron chi connectivity index (χ0n) is 14.4. The summed E-state index contributed by atoms with van der Waals surface area (Å²) in [6.45, 7) is 2.82. The van der Waals surface area contributed by atoms with Crippen LogP contribution in [0.1, 0.15) is 34.3 Å². The Hall–Kier alpha value is -2.49. The average Bonchev–Trinajstić information content (AvgIpc) is 2.62. The Labute approximate surface area is 147 Å². The molecule has 0 saturated carbocycles. The second kappa shape index (κ2) is 7.60. The molecular formula is C21H22FNO2. The number of hydrogen-bond donors (Lipinski definition) is 0. The third-order valence-corrected chi connectivity index (χ3v) is 4.80. The molecule has 1 heterocycles. The lowest BCUT2D eigenvalue weighted by atomic mass is 9.90. The summed E-state index contributed by atoms with van der Waals surface area (Å²) in [7, 11) is 0. The highest BCUT2D eigenvalue weighted by atomic mass is 19.1. The molecule has 0 spiro atoms. The highest BCUT2D eigenvalue weighted by molar-refractivity contribution is 5.96. The van der Waals surface area contributed by atoms with Gasteiger partial charge in [-0.2, -0.15) is 0 Å². The number of nitrogens with zero attached hydrogens (tertiary/aromatic N) is 1. The van der Waals surface area contributed by atoms with Crippen LogP contribution in [0.4, 0.5) is 4.39 Å². The molecule has 130 valence electrons. The summed E-state index contributed by atoms with van der Waals surface area (Å²) in [5, 5.41) is 0. The third-order valence-electron chi connectivity index (χ3n) is 4.80. The van der Waals surface area contributed by atoms with Gasteiger partial charge in [0.15, 0.2) is 0 Å². The van der Waals surface area contributed by atoms with Crippen molar-refractivity contribution in [3.05, 3.63) is 71.0 Å². The lowest BCUT2D eigenvalue weighted by molar-refractivity contribution is -0.123. The van der Waals surface area contributed by atoms with Gasteiger partial charge in [-0.3, -0.25) is 9.59 Å². The van der Waals surface area contributed by atoms with Crippen LogP contribution in [0.2, 0.25) is 0 Å². The number of aryl methyl sites for hydroxylation is 1. The molecule has 1 aliphatic heterocycles. The maximum atomic E-state index is 13.3. The minimum absolute atomic E-state index is 0.116. The van der Waals surface area contributed by atoms with E-state index in [1.807, 2.05) is 30.3 Å². The molecule has 1 amide bonds. The molecule has 25 heavy (non-hydrogen) atoms. The van der Waals surface area contributed by atoms with Gasteiger partial charge in [-0.15, -0.1) is 0 Å². The monoisotopic (exact) mass is 339 g/mol. The van der Waals surface area contributed by atoms with Crippen LogP contribution in [0.5, 0.6) is 0 Å². The van der Waals surface area contributed by atoms with Gasteiger partial charge in [-0.25, -0.2) is 4.39 Å². The Bertz CT molecular complexity index is 773. The van der Waals surface area contributed by atoms with Gasteiger partial charge in [0.05, 0.1) is 0 Å². The average molecular weight is 339 g/mol. The van der Waals surface area contributed by atoms with Crippen LogP contribution in [-0.2, 0) is 11.2 Å². The van der Waals surface area contributed by atoms with Crippen LogP contribution < -0.4 is 0 Å². The molecule has 0 radical (unpaired) electrons. The van der Waals surface area contributed by atoms with E-state index in [-0.39, 0.29) is 23.4 Å². The molecule has 4 heteroatoms. The minimum Gasteiger partial charge on any atom is -0.338 e. The van der Waals surface area contributed by atoms with E-state index in [4.69, 9.17) is 0 Å². The molecule has 0 aliphatic carbocycles. The van der Waals surface area contributed by atoms with E-state index in [1.54, 1.807) is 11.8 Å². The molecule has 0 unspecified atom stereocenters. The van der Waals surface area contributed by atoms with Gasteiger partial charge in [-0.05, 0) is 49.1 Å². The van der Waals surface area contributed by atoms with E-state index in [0.717, 1.165) is 18.4 Å². The lowest BCUT2D eigenvalue weighted by Crippen LogP contribution is -2.42. The Balaban J connectivity index is 1.68. The second-order valence-corrected chi connectivity index (χ2v) is 6.68. The Morgan fingerprint density at radius 1 is 1.16 bits per heavy atom. The molecule has 1 atom stereocenters. The molecule has 0 bridgehead atoms. The second-order valence-electron chi connectivity index (χ2n) is 6.68. The van der Waals surface area contributed by atoms with Crippen LogP contribution in [0.3, 0.4) is 0 Å². The number of ketones is 1. The number of likely N-dealkylation sites (tertiary alicyclic amines) is 1. The predicted molar refractivity (Wildman–Crippen MR) is 94.9 cm³/mol. The molecule has 1 fully saturated rings. The van der Waals surface area contributed by atoms with Crippen molar-refractivity contribution in [3.63, 3.8) is 0 Å². The van der Waals surface area contributed by atoms with Crippen LogP contribution >= 0.6 is 0 Å². The largest absolute Gasteiger partial charge is 0.338 e. The van der Waals surface area contributed by atoms with Crippen molar-refractivity contribution in [1.82, 2.24) is 4.90 Å². The van der Waals surface area contributed by atoms with Gasteiger partial charge in [0.1, 0.15) is 11.6 Å². The third kappa shape index (κ3) is 4.13. The van der Waals surface area contributed by atoms with E-state index in [1.165, 1.54) is 18.2 Å². The van der Waals surface area contributed by atoms with Gasteiger partial charge in [0.2, 0.25) is 0 Å². The number of piperidine rings is 1. The molecule has 1 saturated heterocycles. The molecule has 3 rings (SSSR count). The number of carbonyl (C=O) groups is 2. The van der Waals surface area contributed by atoms with Crippen LogP contribution in [0.25, 0.3) is 0 Å². The number of halogens is 1. The zero-order valence-corrected chi connectivity index (χ0v) is 14.4. The van der Waals surface area contributed by atoms with Crippen molar-refractivity contribution in [3.8, 4) is 0 Å². The van der Waals surface area contributed by atoms with Crippen molar-refractivity contribution < 1.29 is 14.0 Å². The number of carbonyl (C=O) groups excluding carboxylic acids is 2. The number of Topliss-reactive ketones (excluding diaryl/α,β-unsaturated/α-hetero) is 1. The number of hydrogen-bond acceptors (Lipinski definition) is 2. The smallest absolute Gasteiger partial charge is 0.254 e. The summed E-state index contributed by atoms with van der Waals surface area (Å²) in [6.07, 6.45) is 2.04. The normalized spacial score (nSPS) is 17.4. The van der Waals surface area contributed by atoms with E-state index in [2.05, 4.69) is 0 Å². The van der Waals surface area contributed by atoms with Crippen molar-refractivity contribution >= 4 is 11.7 Å². The highest BCUT2D eigenvalue weighted by Gasteiger charge is 2.29. The van der Waals surface area contributed by atoms with E-state index in [0.29, 0.717) is 30.6 Å². The van der Waals surface area contributed by atoms with Gasteiger partial charge >= 0.3 is 0 Å². The SMILES string of the molecule is Cc1cc(F)ccc1C(=O)N1CCC[C@H](C(=O)Cc2ccccc2)C1. The van der Waals surface area contributed by atoms with Crippen molar-refractivity contribution in [2.24, 2.45) is 5.92 Å². The van der Waals surface area contributed by atoms with Gasteiger partial charge in [0.25, 0.3) is 5.91 Å². The first kappa shape index (κ1) is 17.3. The first-order valence-electron chi connectivity index (χ1n) is 8.66. The summed E-state index contributed by atoms with van der Waals surface area (Å²) >= 11 is 0. The number of benzene rings is 2. The maximum Gasteiger partial charge on any atom is 0.254 e. The maximum absolute atomic E-state index is 13.3.